The average Bonchev–Trinajstić information content (AvgIpc) is 2.53. The third-order valence-electron chi connectivity index (χ3n) is 3.28. The fourth-order valence-electron chi connectivity index (χ4n) is 2.53. The van der Waals surface area contributed by atoms with Gasteiger partial charge in [-0.3, -0.25) is 4.90 Å². The normalized spacial score (nSPS) is 12.9. The van der Waals surface area contributed by atoms with E-state index in [0.29, 0.717) is 32.1 Å². The van der Waals surface area contributed by atoms with Gasteiger partial charge >= 0.3 is 14.8 Å². The Morgan fingerprint density at radius 3 is 2.09 bits per heavy atom. The Balaban J connectivity index is 3.33. The Morgan fingerprint density at radius 1 is 1.17 bits per heavy atom. The number of pyridine rings is 1. The molecule has 0 aromatic carbocycles. The maximum absolute atomic E-state index is 12.1. The number of nitrogens with zero attached hydrogens (tertiary/aromatic N) is 2. The van der Waals surface area contributed by atoms with Crippen molar-refractivity contribution < 1.29 is 18.1 Å². The Labute approximate surface area is 139 Å². The second kappa shape index (κ2) is 9.61. The van der Waals surface area contributed by atoms with Crippen molar-refractivity contribution in [1.29, 1.82) is 0 Å². The zero-order valence-corrected chi connectivity index (χ0v) is 15.3. The van der Waals surface area contributed by atoms with Crippen LogP contribution in [0.3, 0.4) is 0 Å². The van der Waals surface area contributed by atoms with Gasteiger partial charge in [0.2, 0.25) is 0 Å². The number of carbonyl (C=O) groups is 1. The van der Waals surface area contributed by atoms with Crippen LogP contribution in [-0.4, -0.2) is 45.3 Å². The van der Waals surface area contributed by atoms with E-state index < -0.39 is 20.5 Å². The average molecular weight is 341 g/mol. The Morgan fingerprint density at radius 2 is 1.74 bits per heavy atom. The monoisotopic (exact) mass is 341 g/mol. The summed E-state index contributed by atoms with van der Waals surface area (Å²) < 4.78 is 17.8. The van der Waals surface area contributed by atoms with Gasteiger partial charge in [0.25, 0.3) is 0 Å². The van der Waals surface area contributed by atoms with Crippen molar-refractivity contribution in [3.8, 4) is 0 Å². The highest BCUT2D eigenvalue weighted by Gasteiger charge is 2.53. The molecule has 0 saturated carbocycles. The maximum Gasteiger partial charge on any atom is 0.525 e. The number of hydrogen-bond donors (Lipinski definition) is 1. The van der Waals surface area contributed by atoms with E-state index in [0.717, 1.165) is 0 Å². The zero-order chi connectivity index (χ0) is 17.3. The van der Waals surface area contributed by atoms with Gasteiger partial charge in [0.05, 0.1) is 0 Å². The zero-order valence-electron chi connectivity index (χ0n) is 14.3. The molecule has 0 saturated heterocycles. The Kier molecular flexibility index (Phi) is 8.17. The SMILES string of the molecule is CCO[Si](OCC)(OCC)C(CC)N(C(N)=O)c1ccccn1. The minimum absolute atomic E-state index is 0.428. The lowest BCUT2D eigenvalue weighted by atomic mass is 10.4. The van der Waals surface area contributed by atoms with E-state index in [9.17, 15) is 4.79 Å². The van der Waals surface area contributed by atoms with Crippen molar-refractivity contribution in [1.82, 2.24) is 4.98 Å². The van der Waals surface area contributed by atoms with E-state index in [4.69, 9.17) is 19.0 Å². The molecule has 7 nitrogen and oxygen atoms in total. The lowest BCUT2D eigenvalue weighted by molar-refractivity contribution is 0.0613. The number of primary amides is 1. The fraction of sp³-hybridized carbons (Fsp3) is 0.600. The van der Waals surface area contributed by atoms with Gasteiger partial charge in [-0.25, -0.2) is 9.78 Å². The van der Waals surface area contributed by atoms with Crippen molar-refractivity contribution >= 4 is 20.7 Å². The number of nitrogens with two attached hydrogens (primary N) is 1. The first kappa shape index (κ1) is 19.6. The van der Waals surface area contributed by atoms with Crippen LogP contribution in [-0.2, 0) is 13.3 Å². The summed E-state index contributed by atoms with van der Waals surface area (Å²) in [6.45, 7) is 8.86. The molecule has 23 heavy (non-hydrogen) atoms. The summed E-state index contributed by atoms with van der Waals surface area (Å²) >= 11 is 0. The van der Waals surface area contributed by atoms with Crippen molar-refractivity contribution in [3.63, 3.8) is 0 Å². The van der Waals surface area contributed by atoms with Crippen LogP contribution in [0.2, 0.25) is 0 Å². The van der Waals surface area contributed by atoms with Crippen LogP contribution >= 0.6 is 0 Å². The molecular formula is C15H27N3O4Si. The summed E-state index contributed by atoms with van der Waals surface area (Å²) in [5.41, 5.74) is 5.20. The van der Waals surface area contributed by atoms with Crippen LogP contribution in [0, 0.1) is 0 Å². The molecule has 0 bridgehead atoms. The van der Waals surface area contributed by atoms with Gasteiger partial charge in [-0.1, -0.05) is 13.0 Å². The Bertz CT molecular complexity index is 458. The minimum atomic E-state index is -3.15. The number of urea groups is 1. The van der Waals surface area contributed by atoms with Crippen LogP contribution in [0.5, 0.6) is 0 Å². The highest BCUT2D eigenvalue weighted by molar-refractivity contribution is 6.63. The summed E-state index contributed by atoms with van der Waals surface area (Å²) in [6.07, 6.45) is 2.19. The van der Waals surface area contributed by atoms with Crippen molar-refractivity contribution in [2.45, 2.75) is 39.8 Å². The molecule has 0 radical (unpaired) electrons. The van der Waals surface area contributed by atoms with Crippen LogP contribution in [0.15, 0.2) is 24.4 Å². The number of carbonyl (C=O) groups excluding carboxylic acids is 1. The van der Waals surface area contributed by atoms with Crippen LogP contribution in [0.25, 0.3) is 0 Å². The molecule has 1 aromatic heterocycles. The van der Waals surface area contributed by atoms with E-state index in [1.165, 1.54) is 4.90 Å². The summed E-state index contributed by atoms with van der Waals surface area (Å²) in [7, 11) is -3.15. The molecule has 0 spiro atoms. The third-order valence-corrected chi connectivity index (χ3v) is 6.83. The summed E-state index contributed by atoms with van der Waals surface area (Å²) in [6, 6.07) is 4.71. The maximum atomic E-state index is 12.1. The van der Waals surface area contributed by atoms with Gasteiger partial charge in [-0.05, 0) is 39.3 Å². The quantitative estimate of drug-likeness (QED) is 0.660. The topological polar surface area (TPSA) is 86.9 Å². The molecule has 1 atom stereocenters. The van der Waals surface area contributed by atoms with E-state index in [2.05, 4.69) is 4.98 Å². The predicted octanol–water partition coefficient (Wildman–Crippen LogP) is 2.33. The number of aromatic nitrogens is 1. The van der Waals surface area contributed by atoms with E-state index >= 15 is 0 Å². The van der Waals surface area contributed by atoms with E-state index in [1.54, 1.807) is 24.4 Å². The summed E-state index contributed by atoms with van der Waals surface area (Å²) in [5.74, 6) is 0.461. The molecule has 0 aliphatic rings. The van der Waals surface area contributed by atoms with Gasteiger partial charge in [0, 0.05) is 26.0 Å². The van der Waals surface area contributed by atoms with Crippen LogP contribution in [0.4, 0.5) is 10.6 Å². The van der Waals surface area contributed by atoms with Gasteiger partial charge in [-0.2, -0.15) is 0 Å². The summed E-state index contributed by atoms with van der Waals surface area (Å²) in [4.78, 5) is 17.8. The van der Waals surface area contributed by atoms with Crippen molar-refractivity contribution in [2.24, 2.45) is 5.73 Å². The second-order valence-electron chi connectivity index (χ2n) is 4.72. The van der Waals surface area contributed by atoms with Crippen molar-refractivity contribution in [3.05, 3.63) is 24.4 Å². The molecular weight excluding hydrogens is 314 g/mol. The Hall–Kier alpha value is -1.48. The van der Waals surface area contributed by atoms with Gasteiger partial charge in [-0.15, -0.1) is 0 Å². The molecule has 0 aliphatic heterocycles. The molecule has 1 unspecified atom stereocenters. The number of amides is 2. The first-order chi connectivity index (χ1) is 11.1. The van der Waals surface area contributed by atoms with E-state index in [-0.39, 0.29) is 0 Å². The van der Waals surface area contributed by atoms with Crippen molar-refractivity contribution in [2.75, 3.05) is 24.7 Å². The molecule has 1 rings (SSSR count). The fourth-order valence-corrected chi connectivity index (χ4v) is 5.64. The highest BCUT2D eigenvalue weighted by atomic mass is 28.4. The lowest BCUT2D eigenvalue weighted by Crippen LogP contribution is -2.65. The van der Waals surface area contributed by atoms with Gasteiger partial charge < -0.3 is 19.0 Å². The molecule has 1 heterocycles. The van der Waals surface area contributed by atoms with E-state index in [1.807, 2.05) is 27.7 Å². The molecule has 8 heteroatoms. The third kappa shape index (κ3) is 4.74. The predicted molar refractivity (Wildman–Crippen MR) is 91.0 cm³/mol. The molecule has 130 valence electrons. The standard InChI is InChI=1S/C15H27N3O4Si/c1-5-14(23(20-6-2,21-7-3)22-8-4)18(15(16)19)13-11-9-10-12-17-13/h9-12,14H,5-8H2,1-4H3,(H2,16,19). The number of hydrogen-bond acceptors (Lipinski definition) is 5. The molecule has 0 fully saturated rings. The molecule has 2 amide bonds. The lowest BCUT2D eigenvalue weighted by Gasteiger charge is -2.39. The minimum Gasteiger partial charge on any atom is -0.373 e. The van der Waals surface area contributed by atoms with Gasteiger partial charge in [0.1, 0.15) is 11.5 Å². The first-order valence-electron chi connectivity index (χ1n) is 7.97. The largest absolute Gasteiger partial charge is 0.525 e. The van der Waals surface area contributed by atoms with Gasteiger partial charge in [0.15, 0.2) is 0 Å². The molecule has 0 aliphatic carbocycles. The number of anilines is 1. The molecule has 2 N–H and O–H groups in total. The van der Waals surface area contributed by atoms with Crippen LogP contribution in [0.1, 0.15) is 34.1 Å². The first-order valence-corrected chi connectivity index (χ1v) is 9.77. The summed E-state index contributed by atoms with van der Waals surface area (Å²) in [5, 5.41) is 0. The number of rotatable bonds is 10. The smallest absolute Gasteiger partial charge is 0.373 e. The second-order valence-corrected chi connectivity index (χ2v) is 7.46. The highest BCUT2D eigenvalue weighted by Crippen LogP contribution is 2.26. The molecule has 1 aromatic rings. The van der Waals surface area contributed by atoms with Crippen LogP contribution < -0.4 is 10.6 Å².